The van der Waals surface area contributed by atoms with Crippen LogP contribution in [0.3, 0.4) is 0 Å². The zero-order chi connectivity index (χ0) is 24.7. The lowest BCUT2D eigenvalue weighted by atomic mass is 10.1. The van der Waals surface area contributed by atoms with Gasteiger partial charge in [0, 0.05) is 67.8 Å². The van der Waals surface area contributed by atoms with Gasteiger partial charge < -0.3 is 14.4 Å². The van der Waals surface area contributed by atoms with E-state index in [0.717, 1.165) is 37.1 Å². The molecule has 1 aliphatic carbocycles. The molecule has 5 rings (SSSR count). The van der Waals surface area contributed by atoms with E-state index in [2.05, 4.69) is 4.90 Å². The molecule has 2 saturated heterocycles. The van der Waals surface area contributed by atoms with Crippen molar-refractivity contribution in [3.05, 3.63) is 35.5 Å². The first kappa shape index (κ1) is 24.3. The number of carbonyl (C=O) groups excluding carboxylic acids is 2. The van der Waals surface area contributed by atoms with Crippen molar-refractivity contribution in [2.24, 2.45) is 0 Å². The summed E-state index contributed by atoms with van der Waals surface area (Å²) >= 11 is 0. The summed E-state index contributed by atoms with van der Waals surface area (Å²) in [4.78, 5) is 32.8. The minimum atomic E-state index is -3.06. The summed E-state index contributed by atoms with van der Waals surface area (Å²) in [5.74, 6) is -0.0919. The van der Waals surface area contributed by atoms with E-state index in [4.69, 9.17) is 0 Å². The molecule has 8 nitrogen and oxygen atoms in total. The van der Waals surface area contributed by atoms with Crippen LogP contribution in [-0.2, 0) is 9.84 Å². The third-order valence-electron chi connectivity index (χ3n) is 7.90. The van der Waals surface area contributed by atoms with Crippen molar-refractivity contribution in [3.8, 4) is 0 Å². The molecule has 2 aromatic rings. The lowest BCUT2D eigenvalue weighted by molar-refractivity contribution is 0.0573. The van der Waals surface area contributed by atoms with Crippen LogP contribution in [0.2, 0.25) is 0 Å². The molecule has 9 heteroatoms. The fourth-order valence-corrected chi connectivity index (χ4v) is 7.11. The summed E-state index contributed by atoms with van der Waals surface area (Å²) in [6.45, 7) is 7.87. The number of sulfone groups is 1. The molecule has 0 N–H and O–H groups in total. The third kappa shape index (κ3) is 4.85. The monoisotopic (exact) mass is 500 g/mol. The largest absolute Gasteiger partial charge is 0.336 e. The van der Waals surface area contributed by atoms with Gasteiger partial charge in [-0.25, -0.2) is 8.42 Å². The van der Waals surface area contributed by atoms with E-state index in [-0.39, 0.29) is 42.5 Å². The molecule has 0 spiro atoms. The van der Waals surface area contributed by atoms with Crippen LogP contribution in [0.1, 0.15) is 66.4 Å². The first-order chi connectivity index (χ1) is 16.7. The summed E-state index contributed by atoms with van der Waals surface area (Å²) < 4.78 is 25.6. The van der Waals surface area contributed by atoms with Gasteiger partial charge in [0.25, 0.3) is 11.8 Å². The molecule has 3 fully saturated rings. The number of carbonyl (C=O) groups is 2. The molecule has 1 aromatic heterocycles. The van der Waals surface area contributed by atoms with Crippen molar-refractivity contribution in [1.29, 1.82) is 0 Å². The molecule has 1 aromatic carbocycles. The van der Waals surface area contributed by atoms with Gasteiger partial charge in [-0.2, -0.15) is 0 Å². The summed E-state index contributed by atoms with van der Waals surface area (Å²) in [7, 11) is -3.06. The van der Waals surface area contributed by atoms with Crippen LogP contribution in [-0.4, -0.2) is 96.3 Å². The smallest absolute Gasteiger partial charge is 0.270 e. The number of benzene rings is 1. The second-order valence-corrected chi connectivity index (χ2v) is 12.8. The predicted molar refractivity (Wildman–Crippen MR) is 137 cm³/mol. The Kier molecular flexibility index (Phi) is 6.65. The number of aromatic nitrogens is 1. The molecule has 0 radical (unpaired) electrons. The van der Waals surface area contributed by atoms with Gasteiger partial charge in [0.15, 0.2) is 9.84 Å². The average Bonchev–Trinajstić information content (AvgIpc) is 3.51. The van der Waals surface area contributed by atoms with Crippen LogP contribution in [0.25, 0.3) is 10.9 Å². The van der Waals surface area contributed by atoms with Crippen molar-refractivity contribution < 1.29 is 18.0 Å². The average molecular weight is 501 g/mol. The number of piperazine rings is 1. The van der Waals surface area contributed by atoms with Gasteiger partial charge in [-0.1, -0.05) is 12.8 Å². The maximum Gasteiger partial charge on any atom is 0.270 e. The van der Waals surface area contributed by atoms with Gasteiger partial charge in [-0.3, -0.25) is 14.5 Å². The fraction of sp³-hybridized carbons (Fsp3) is 0.615. The third-order valence-corrected chi connectivity index (χ3v) is 9.50. The van der Waals surface area contributed by atoms with E-state index in [0.29, 0.717) is 17.3 Å². The van der Waals surface area contributed by atoms with Gasteiger partial charge in [0.1, 0.15) is 5.69 Å². The first-order valence-electron chi connectivity index (χ1n) is 12.9. The number of nitrogens with zero attached hydrogens (tertiary/aromatic N) is 4. The maximum atomic E-state index is 13.3. The Morgan fingerprint density at radius 1 is 0.857 bits per heavy atom. The Hall–Kier alpha value is -2.39. The number of amides is 2. The van der Waals surface area contributed by atoms with Gasteiger partial charge in [0.05, 0.1) is 11.5 Å². The van der Waals surface area contributed by atoms with E-state index in [1.165, 1.54) is 25.7 Å². The normalized spacial score (nSPS) is 21.8. The Balaban J connectivity index is 1.35. The van der Waals surface area contributed by atoms with E-state index in [9.17, 15) is 18.0 Å². The van der Waals surface area contributed by atoms with E-state index >= 15 is 0 Å². The van der Waals surface area contributed by atoms with Gasteiger partial charge in [0.2, 0.25) is 0 Å². The second-order valence-electron chi connectivity index (χ2n) is 10.5. The lowest BCUT2D eigenvalue weighted by Crippen LogP contribution is -2.51. The van der Waals surface area contributed by atoms with Crippen LogP contribution in [0, 0.1) is 0 Å². The molecule has 2 amide bonds. The highest BCUT2D eigenvalue weighted by Gasteiger charge is 2.30. The zero-order valence-electron chi connectivity index (χ0n) is 20.8. The SMILES string of the molecule is CC(C)n1c(C(=O)N2CCS(=O)(=O)CC2)cc2cc(C(=O)N3CCN(C4CCCC4)CC3)ccc21. The Labute approximate surface area is 207 Å². The maximum absolute atomic E-state index is 13.3. The highest BCUT2D eigenvalue weighted by Crippen LogP contribution is 2.28. The molecule has 1 saturated carbocycles. The molecule has 3 aliphatic rings. The van der Waals surface area contributed by atoms with Crippen molar-refractivity contribution in [2.45, 2.75) is 51.6 Å². The van der Waals surface area contributed by atoms with Gasteiger partial charge in [-0.05, 0) is 51.0 Å². The van der Waals surface area contributed by atoms with Gasteiger partial charge >= 0.3 is 0 Å². The van der Waals surface area contributed by atoms with Crippen LogP contribution in [0.15, 0.2) is 24.3 Å². The van der Waals surface area contributed by atoms with E-state index in [1.807, 2.05) is 47.6 Å². The first-order valence-corrected chi connectivity index (χ1v) is 14.7. The summed E-state index contributed by atoms with van der Waals surface area (Å²) in [6.07, 6.45) is 5.21. The van der Waals surface area contributed by atoms with Crippen LogP contribution in [0.5, 0.6) is 0 Å². The molecular formula is C26H36N4O4S. The summed E-state index contributed by atoms with van der Waals surface area (Å²) in [5, 5.41) is 0.863. The summed E-state index contributed by atoms with van der Waals surface area (Å²) in [6, 6.07) is 8.30. The fourth-order valence-electron chi connectivity index (χ4n) is 5.91. The minimum absolute atomic E-state index is 0.00725. The van der Waals surface area contributed by atoms with Crippen LogP contribution in [0.4, 0.5) is 0 Å². The molecule has 190 valence electrons. The van der Waals surface area contributed by atoms with Crippen molar-refractivity contribution >= 4 is 32.6 Å². The van der Waals surface area contributed by atoms with Gasteiger partial charge in [-0.15, -0.1) is 0 Å². The molecule has 0 bridgehead atoms. The molecule has 3 heterocycles. The Bertz CT molecular complexity index is 1210. The van der Waals surface area contributed by atoms with Crippen molar-refractivity contribution in [2.75, 3.05) is 50.8 Å². The number of rotatable bonds is 4. The lowest BCUT2D eigenvalue weighted by Gasteiger charge is -2.38. The number of hydrogen-bond acceptors (Lipinski definition) is 5. The molecular weight excluding hydrogens is 464 g/mol. The Morgan fingerprint density at radius 2 is 1.49 bits per heavy atom. The van der Waals surface area contributed by atoms with Crippen LogP contribution < -0.4 is 0 Å². The van der Waals surface area contributed by atoms with E-state index < -0.39 is 9.84 Å². The van der Waals surface area contributed by atoms with Crippen molar-refractivity contribution in [1.82, 2.24) is 19.3 Å². The standard InChI is InChI=1S/C26H36N4O4S/c1-19(2)30-23-8-7-20(25(31)28-11-9-27(10-12-28)22-5-3-4-6-22)17-21(23)18-24(30)26(32)29-13-15-35(33,34)16-14-29/h7-8,17-19,22H,3-6,9-16H2,1-2H3. The number of hydrogen-bond donors (Lipinski definition) is 0. The van der Waals surface area contributed by atoms with Crippen LogP contribution >= 0.6 is 0 Å². The number of fused-ring (bicyclic) bond motifs is 1. The molecule has 2 aliphatic heterocycles. The predicted octanol–water partition coefficient (Wildman–Crippen LogP) is 2.79. The molecule has 35 heavy (non-hydrogen) atoms. The topological polar surface area (TPSA) is 82.9 Å². The van der Waals surface area contributed by atoms with Crippen molar-refractivity contribution in [3.63, 3.8) is 0 Å². The Morgan fingerprint density at radius 3 is 2.11 bits per heavy atom. The zero-order valence-corrected chi connectivity index (χ0v) is 21.6. The highest BCUT2D eigenvalue weighted by atomic mass is 32.2. The summed E-state index contributed by atoms with van der Waals surface area (Å²) in [5.41, 5.74) is 2.11. The minimum Gasteiger partial charge on any atom is -0.336 e. The highest BCUT2D eigenvalue weighted by molar-refractivity contribution is 7.91. The van der Waals surface area contributed by atoms with E-state index in [1.54, 1.807) is 4.90 Å². The quantitative estimate of drug-likeness (QED) is 0.645. The molecule has 0 atom stereocenters. The second kappa shape index (κ2) is 9.58. The molecule has 0 unspecified atom stereocenters.